The van der Waals surface area contributed by atoms with Gasteiger partial charge < -0.3 is 25.2 Å². The Kier molecular flexibility index (Phi) is 6.39. The number of nitrogens with zero attached hydrogens (tertiary/aromatic N) is 4. The van der Waals surface area contributed by atoms with Crippen molar-refractivity contribution < 1.29 is 9.53 Å². The first-order valence-electron chi connectivity index (χ1n) is 10.6. The van der Waals surface area contributed by atoms with Crippen LogP contribution in [0.3, 0.4) is 0 Å². The first-order valence-corrected chi connectivity index (χ1v) is 10.6. The van der Waals surface area contributed by atoms with Crippen molar-refractivity contribution >= 4 is 29.2 Å². The average Bonchev–Trinajstić information content (AvgIpc) is 2.81. The van der Waals surface area contributed by atoms with E-state index in [9.17, 15) is 4.79 Å². The van der Waals surface area contributed by atoms with Crippen LogP contribution in [0.15, 0.2) is 54.6 Å². The predicted molar refractivity (Wildman–Crippen MR) is 127 cm³/mol. The second-order valence-electron chi connectivity index (χ2n) is 7.81. The van der Waals surface area contributed by atoms with E-state index in [1.807, 2.05) is 54.3 Å². The second-order valence-corrected chi connectivity index (χ2v) is 7.81. The third-order valence-corrected chi connectivity index (χ3v) is 5.38. The van der Waals surface area contributed by atoms with E-state index in [1.54, 1.807) is 7.11 Å². The van der Waals surface area contributed by atoms with Crippen LogP contribution in [-0.2, 0) is 0 Å². The van der Waals surface area contributed by atoms with Crippen molar-refractivity contribution in [1.82, 2.24) is 14.9 Å². The molecule has 2 aromatic carbocycles. The van der Waals surface area contributed by atoms with Gasteiger partial charge in [0.05, 0.1) is 7.11 Å². The summed E-state index contributed by atoms with van der Waals surface area (Å²) in [7, 11) is 1.62. The van der Waals surface area contributed by atoms with Gasteiger partial charge in [0, 0.05) is 49.3 Å². The number of hydrogen-bond acceptors (Lipinski definition) is 6. The van der Waals surface area contributed by atoms with Crippen LogP contribution in [-0.4, -0.2) is 54.2 Å². The zero-order valence-corrected chi connectivity index (χ0v) is 18.6. The number of aryl methyl sites for hydroxylation is 2. The Morgan fingerprint density at radius 1 is 0.906 bits per heavy atom. The molecule has 0 radical (unpaired) electrons. The molecule has 0 unspecified atom stereocenters. The monoisotopic (exact) mass is 432 g/mol. The van der Waals surface area contributed by atoms with Crippen LogP contribution in [0.2, 0.25) is 0 Å². The van der Waals surface area contributed by atoms with Gasteiger partial charge in [0.1, 0.15) is 11.6 Å². The molecule has 1 aliphatic rings. The van der Waals surface area contributed by atoms with Crippen molar-refractivity contribution in [3.63, 3.8) is 0 Å². The van der Waals surface area contributed by atoms with Gasteiger partial charge in [-0.1, -0.05) is 17.7 Å². The summed E-state index contributed by atoms with van der Waals surface area (Å²) < 4.78 is 5.16. The third-order valence-electron chi connectivity index (χ3n) is 5.38. The van der Waals surface area contributed by atoms with Gasteiger partial charge in [0.15, 0.2) is 0 Å². The van der Waals surface area contributed by atoms with Crippen LogP contribution in [0.25, 0.3) is 0 Å². The number of rotatable bonds is 5. The number of hydrogen-bond donors (Lipinski definition) is 2. The Morgan fingerprint density at radius 2 is 1.56 bits per heavy atom. The minimum Gasteiger partial charge on any atom is -0.497 e. The van der Waals surface area contributed by atoms with Crippen LogP contribution < -0.4 is 20.3 Å². The minimum absolute atomic E-state index is 0.101. The van der Waals surface area contributed by atoms with Gasteiger partial charge in [-0.2, -0.15) is 4.98 Å². The molecule has 0 atom stereocenters. The molecule has 166 valence electrons. The van der Waals surface area contributed by atoms with Gasteiger partial charge in [0.2, 0.25) is 5.95 Å². The number of nitrogens with one attached hydrogen (secondary N) is 2. The van der Waals surface area contributed by atoms with Gasteiger partial charge in [0.25, 0.3) is 0 Å². The van der Waals surface area contributed by atoms with Crippen molar-refractivity contribution in [1.29, 1.82) is 0 Å². The smallest absolute Gasteiger partial charge is 0.321 e. The molecule has 1 aromatic heterocycles. The lowest BCUT2D eigenvalue weighted by Crippen LogP contribution is -2.50. The number of carbonyl (C=O) groups excluding carboxylic acids is 1. The van der Waals surface area contributed by atoms with Gasteiger partial charge in [-0.05, 0) is 50.2 Å². The number of anilines is 4. The number of amides is 2. The molecule has 8 heteroatoms. The van der Waals surface area contributed by atoms with Gasteiger partial charge >= 0.3 is 6.03 Å². The summed E-state index contributed by atoms with van der Waals surface area (Å²) >= 11 is 0. The third kappa shape index (κ3) is 5.26. The molecule has 1 aliphatic heterocycles. The number of carbonyl (C=O) groups is 1. The maximum Gasteiger partial charge on any atom is 0.321 e. The lowest BCUT2D eigenvalue weighted by Gasteiger charge is -2.35. The molecule has 1 fully saturated rings. The molecule has 0 bridgehead atoms. The number of methoxy groups -OCH3 is 1. The lowest BCUT2D eigenvalue weighted by atomic mass is 10.2. The predicted octanol–water partition coefficient (Wildman–Crippen LogP) is 4.20. The lowest BCUT2D eigenvalue weighted by molar-refractivity contribution is 0.208. The number of aromatic nitrogens is 2. The molecule has 0 saturated carbocycles. The standard InChI is InChI=1S/C24H28N6O2/c1-17-4-6-19(7-5-17)26-23-25-18(2)16-22(28-23)29-12-14-30(15-13-29)24(31)27-20-8-10-21(32-3)11-9-20/h4-11,16H,12-15H2,1-3H3,(H,27,31)(H,25,26,28). The number of piperazine rings is 1. The fraction of sp³-hybridized carbons (Fsp3) is 0.292. The SMILES string of the molecule is COc1ccc(NC(=O)N2CCN(c3cc(C)nc(Nc4ccc(C)cc4)n3)CC2)cc1. The van der Waals surface area contributed by atoms with E-state index in [0.717, 1.165) is 28.6 Å². The van der Waals surface area contributed by atoms with Gasteiger partial charge in [-0.25, -0.2) is 9.78 Å². The fourth-order valence-corrected chi connectivity index (χ4v) is 3.55. The first kappa shape index (κ1) is 21.4. The van der Waals surface area contributed by atoms with Gasteiger partial charge in [-0.15, -0.1) is 0 Å². The summed E-state index contributed by atoms with van der Waals surface area (Å²) in [4.78, 5) is 25.9. The Bertz CT molecular complexity index is 1060. The van der Waals surface area contributed by atoms with E-state index in [4.69, 9.17) is 9.72 Å². The molecule has 2 N–H and O–H groups in total. The summed E-state index contributed by atoms with van der Waals surface area (Å²) in [5.41, 5.74) is 3.79. The maximum absolute atomic E-state index is 12.6. The molecule has 0 aliphatic carbocycles. The molecule has 3 aromatic rings. The molecule has 32 heavy (non-hydrogen) atoms. The number of urea groups is 1. The zero-order chi connectivity index (χ0) is 22.5. The molecule has 8 nitrogen and oxygen atoms in total. The summed E-state index contributed by atoms with van der Waals surface area (Å²) in [6.07, 6.45) is 0. The molecular formula is C24H28N6O2. The number of benzene rings is 2. The van der Waals surface area contributed by atoms with E-state index in [1.165, 1.54) is 5.56 Å². The highest BCUT2D eigenvalue weighted by atomic mass is 16.5. The van der Waals surface area contributed by atoms with Crippen LogP contribution in [0.5, 0.6) is 5.75 Å². The Balaban J connectivity index is 1.36. The van der Waals surface area contributed by atoms with Crippen molar-refractivity contribution in [3.8, 4) is 5.75 Å². The normalized spacial score (nSPS) is 13.6. The van der Waals surface area contributed by atoms with E-state index in [0.29, 0.717) is 32.1 Å². The van der Waals surface area contributed by atoms with E-state index in [-0.39, 0.29) is 6.03 Å². The Hall–Kier alpha value is -3.81. The van der Waals surface area contributed by atoms with E-state index < -0.39 is 0 Å². The number of ether oxygens (including phenoxy) is 1. The fourth-order valence-electron chi connectivity index (χ4n) is 3.55. The Labute approximate surface area is 188 Å². The van der Waals surface area contributed by atoms with Crippen LogP contribution in [0.4, 0.5) is 27.9 Å². The van der Waals surface area contributed by atoms with Crippen LogP contribution in [0.1, 0.15) is 11.3 Å². The van der Waals surface area contributed by atoms with E-state index >= 15 is 0 Å². The quantitative estimate of drug-likeness (QED) is 0.629. The molecule has 2 heterocycles. The molecule has 1 saturated heterocycles. The highest BCUT2D eigenvalue weighted by molar-refractivity contribution is 5.89. The first-order chi connectivity index (χ1) is 15.5. The van der Waals surface area contributed by atoms with Gasteiger partial charge in [-0.3, -0.25) is 0 Å². The van der Waals surface area contributed by atoms with Crippen LogP contribution in [0, 0.1) is 13.8 Å². The largest absolute Gasteiger partial charge is 0.497 e. The molecule has 0 spiro atoms. The maximum atomic E-state index is 12.6. The average molecular weight is 433 g/mol. The summed E-state index contributed by atoms with van der Waals surface area (Å²) in [6.45, 7) is 6.66. The molecular weight excluding hydrogens is 404 g/mol. The zero-order valence-electron chi connectivity index (χ0n) is 18.6. The summed E-state index contributed by atoms with van der Waals surface area (Å²) in [5, 5.41) is 6.23. The highest BCUT2D eigenvalue weighted by Crippen LogP contribution is 2.21. The van der Waals surface area contributed by atoms with Crippen molar-refractivity contribution in [2.45, 2.75) is 13.8 Å². The van der Waals surface area contributed by atoms with Crippen molar-refractivity contribution in [2.24, 2.45) is 0 Å². The topological polar surface area (TPSA) is 82.6 Å². The summed E-state index contributed by atoms with van der Waals surface area (Å²) in [5.74, 6) is 2.19. The van der Waals surface area contributed by atoms with Crippen molar-refractivity contribution in [3.05, 3.63) is 65.9 Å². The van der Waals surface area contributed by atoms with E-state index in [2.05, 4.69) is 39.6 Å². The summed E-state index contributed by atoms with van der Waals surface area (Å²) in [6, 6.07) is 17.3. The minimum atomic E-state index is -0.101. The highest BCUT2D eigenvalue weighted by Gasteiger charge is 2.22. The van der Waals surface area contributed by atoms with Crippen LogP contribution >= 0.6 is 0 Å². The molecule has 4 rings (SSSR count). The molecule has 2 amide bonds. The Morgan fingerprint density at radius 3 is 2.22 bits per heavy atom. The second kappa shape index (κ2) is 9.55. The van der Waals surface area contributed by atoms with Crippen molar-refractivity contribution in [2.75, 3.05) is 48.8 Å².